The van der Waals surface area contributed by atoms with Crippen LogP contribution in [0.1, 0.15) is 50.3 Å². The van der Waals surface area contributed by atoms with Crippen LogP contribution in [0.3, 0.4) is 0 Å². The number of hydrogen-bond acceptors (Lipinski definition) is 4. The number of nitrogens with one attached hydrogen (secondary N) is 2. The van der Waals surface area contributed by atoms with Crippen molar-refractivity contribution in [3.8, 4) is 0 Å². The maximum absolute atomic E-state index is 12.6. The third kappa shape index (κ3) is 5.45. The molecule has 6 nitrogen and oxygen atoms in total. The van der Waals surface area contributed by atoms with E-state index in [2.05, 4.69) is 41.5 Å². The number of carbonyl (C=O) groups excluding carboxylic acids is 2. The fourth-order valence-electron chi connectivity index (χ4n) is 3.84. The summed E-state index contributed by atoms with van der Waals surface area (Å²) in [5.74, 6) is -0.424. The van der Waals surface area contributed by atoms with Crippen molar-refractivity contribution in [3.05, 3.63) is 77.0 Å². The number of unbranched alkanes of at least 4 members (excludes halogenated alkanes) is 1. The van der Waals surface area contributed by atoms with Gasteiger partial charge >= 0.3 is 12.0 Å². The van der Waals surface area contributed by atoms with E-state index in [1.54, 1.807) is 0 Å². The fraction of sp³-hybridized carbons (Fsp3) is 0.360. The van der Waals surface area contributed by atoms with Crippen molar-refractivity contribution >= 4 is 17.7 Å². The van der Waals surface area contributed by atoms with Crippen molar-refractivity contribution < 1.29 is 14.3 Å². The van der Waals surface area contributed by atoms with Gasteiger partial charge in [-0.3, -0.25) is 0 Å². The number of rotatable bonds is 9. The van der Waals surface area contributed by atoms with E-state index in [0.29, 0.717) is 17.7 Å². The molecule has 0 bridgehead atoms. The summed E-state index contributed by atoms with van der Waals surface area (Å²) in [6.07, 6.45) is 2.48. The summed E-state index contributed by atoms with van der Waals surface area (Å²) in [5, 5.41) is 5.69. The normalized spacial score (nSPS) is 15.8. The highest BCUT2D eigenvalue weighted by Crippen LogP contribution is 2.31. The van der Waals surface area contributed by atoms with Crippen molar-refractivity contribution in [2.45, 2.75) is 45.7 Å². The van der Waals surface area contributed by atoms with Gasteiger partial charge in [0.05, 0.1) is 18.7 Å². The maximum Gasteiger partial charge on any atom is 0.337 e. The monoisotopic (exact) mass is 421 g/mol. The molecule has 0 radical (unpaired) electrons. The molecule has 3 rings (SSSR count). The van der Waals surface area contributed by atoms with Crippen molar-refractivity contribution in [1.82, 2.24) is 10.6 Å². The number of anilines is 1. The van der Waals surface area contributed by atoms with E-state index in [-0.39, 0.29) is 6.03 Å². The highest BCUT2D eigenvalue weighted by molar-refractivity contribution is 5.95. The van der Waals surface area contributed by atoms with Crippen LogP contribution in [0.25, 0.3) is 0 Å². The first kappa shape index (κ1) is 22.4. The van der Waals surface area contributed by atoms with E-state index in [0.717, 1.165) is 37.2 Å². The van der Waals surface area contributed by atoms with Crippen LogP contribution < -0.4 is 15.5 Å². The van der Waals surface area contributed by atoms with Gasteiger partial charge in [-0.05, 0) is 43.0 Å². The molecule has 1 unspecified atom stereocenters. The molecule has 1 aliphatic rings. The summed E-state index contributed by atoms with van der Waals surface area (Å²) in [5.41, 5.74) is 4.30. The number of methoxy groups -OCH3 is 1. The Morgan fingerprint density at radius 1 is 1.06 bits per heavy atom. The van der Waals surface area contributed by atoms with Crippen LogP contribution in [0.2, 0.25) is 0 Å². The minimum atomic E-state index is -0.536. The number of ether oxygens (including phenoxy) is 1. The van der Waals surface area contributed by atoms with Gasteiger partial charge in [0.25, 0.3) is 0 Å². The van der Waals surface area contributed by atoms with Gasteiger partial charge in [0.1, 0.15) is 0 Å². The Morgan fingerprint density at radius 3 is 2.39 bits per heavy atom. The summed E-state index contributed by atoms with van der Waals surface area (Å²) < 4.78 is 5.04. The van der Waals surface area contributed by atoms with Gasteiger partial charge in [-0.2, -0.15) is 0 Å². The zero-order valence-electron chi connectivity index (χ0n) is 18.5. The summed E-state index contributed by atoms with van der Waals surface area (Å²) in [4.78, 5) is 27.1. The highest BCUT2D eigenvalue weighted by Gasteiger charge is 2.33. The van der Waals surface area contributed by atoms with Crippen molar-refractivity contribution in [2.24, 2.45) is 0 Å². The molecule has 2 N–H and O–H groups in total. The van der Waals surface area contributed by atoms with Gasteiger partial charge in [0, 0.05) is 24.5 Å². The minimum Gasteiger partial charge on any atom is -0.466 e. The molecule has 0 fully saturated rings. The van der Waals surface area contributed by atoms with Crippen LogP contribution in [0.4, 0.5) is 10.5 Å². The van der Waals surface area contributed by atoms with Crippen LogP contribution in [0.5, 0.6) is 0 Å². The predicted octanol–water partition coefficient (Wildman–Crippen LogP) is 4.68. The van der Waals surface area contributed by atoms with E-state index in [9.17, 15) is 9.59 Å². The van der Waals surface area contributed by atoms with Crippen LogP contribution in [-0.2, 0) is 16.1 Å². The highest BCUT2D eigenvalue weighted by atomic mass is 16.5. The minimum absolute atomic E-state index is 0.299. The topological polar surface area (TPSA) is 70.7 Å². The number of carbonyl (C=O) groups is 2. The molecular formula is C25H31N3O3. The Bertz CT molecular complexity index is 923. The van der Waals surface area contributed by atoms with E-state index in [4.69, 9.17) is 4.74 Å². The zero-order valence-corrected chi connectivity index (χ0v) is 18.5. The van der Waals surface area contributed by atoms with E-state index >= 15 is 0 Å². The molecular weight excluding hydrogens is 390 g/mol. The number of allylic oxidation sites excluding steroid dienone is 1. The first-order chi connectivity index (χ1) is 15.1. The summed E-state index contributed by atoms with van der Waals surface area (Å²) in [6, 6.07) is 17.5. The van der Waals surface area contributed by atoms with E-state index in [1.165, 1.54) is 12.7 Å². The molecule has 31 heavy (non-hydrogen) atoms. The first-order valence-electron chi connectivity index (χ1n) is 10.8. The molecule has 1 atom stereocenters. The van der Waals surface area contributed by atoms with Crippen LogP contribution in [0.15, 0.2) is 65.9 Å². The van der Waals surface area contributed by atoms with Crippen molar-refractivity contribution in [2.75, 3.05) is 18.6 Å². The number of hydrogen-bond donors (Lipinski definition) is 2. The van der Waals surface area contributed by atoms with Gasteiger partial charge in [-0.15, -0.1) is 0 Å². The Balaban J connectivity index is 1.88. The second-order valence-corrected chi connectivity index (χ2v) is 7.61. The number of urea groups is 1. The van der Waals surface area contributed by atoms with Gasteiger partial charge in [-0.1, -0.05) is 55.8 Å². The quantitative estimate of drug-likeness (QED) is 0.577. The molecule has 2 aromatic rings. The number of esters is 1. The second kappa shape index (κ2) is 10.7. The average Bonchev–Trinajstić information content (AvgIpc) is 2.81. The Hall–Kier alpha value is -3.28. The number of nitrogens with zero attached hydrogens (tertiary/aromatic N) is 1. The molecule has 0 aromatic heterocycles. The molecule has 164 valence electrons. The van der Waals surface area contributed by atoms with Crippen LogP contribution >= 0.6 is 0 Å². The fourth-order valence-corrected chi connectivity index (χ4v) is 3.84. The molecule has 1 aliphatic heterocycles. The largest absolute Gasteiger partial charge is 0.466 e. The Kier molecular flexibility index (Phi) is 7.70. The molecule has 2 amide bonds. The lowest BCUT2D eigenvalue weighted by atomic mass is 9.93. The van der Waals surface area contributed by atoms with Crippen LogP contribution in [-0.4, -0.2) is 25.7 Å². The summed E-state index contributed by atoms with van der Waals surface area (Å²) >= 11 is 0. The van der Waals surface area contributed by atoms with E-state index < -0.39 is 12.0 Å². The molecule has 6 heteroatoms. The number of amides is 2. The maximum atomic E-state index is 12.6. The third-order valence-corrected chi connectivity index (χ3v) is 5.53. The molecule has 0 aliphatic carbocycles. The summed E-state index contributed by atoms with van der Waals surface area (Å²) in [7, 11) is 1.37. The van der Waals surface area contributed by atoms with E-state index in [1.807, 2.05) is 42.5 Å². The SMILES string of the molecule is CCCCC1=C(C(=O)OC)C(c2ccc(N(CC)Cc3ccccc3)cc2)NC(=O)N1. The van der Waals surface area contributed by atoms with Gasteiger partial charge in [0.2, 0.25) is 0 Å². The first-order valence-corrected chi connectivity index (χ1v) is 10.8. The van der Waals surface area contributed by atoms with Crippen molar-refractivity contribution in [1.29, 1.82) is 0 Å². The second-order valence-electron chi connectivity index (χ2n) is 7.61. The third-order valence-electron chi connectivity index (χ3n) is 5.53. The lowest BCUT2D eigenvalue weighted by Crippen LogP contribution is -2.45. The average molecular weight is 422 g/mol. The molecule has 0 spiro atoms. The predicted molar refractivity (Wildman–Crippen MR) is 123 cm³/mol. The molecule has 0 saturated carbocycles. The Labute approximate surface area is 184 Å². The smallest absolute Gasteiger partial charge is 0.337 e. The van der Waals surface area contributed by atoms with Crippen molar-refractivity contribution in [3.63, 3.8) is 0 Å². The van der Waals surface area contributed by atoms with Gasteiger partial charge in [0.15, 0.2) is 0 Å². The Morgan fingerprint density at radius 2 is 1.77 bits per heavy atom. The molecule has 0 saturated heterocycles. The van der Waals surface area contributed by atoms with Gasteiger partial charge in [-0.25, -0.2) is 9.59 Å². The molecule has 1 heterocycles. The summed E-state index contributed by atoms with van der Waals surface area (Å²) in [6.45, 7) is 5.89. The molecule has 2 aromatic carbocycles. The van der Waals surface area contributed by atoms with Gasteiger partial charge < -0.3 is 20.3 Å². The number of benzene rings is 2. The zero-order chi connectivity index (χ0) is 22.2. The lowest BCUT2D eigenvalue weighted by Gasteiger charge is -2.30. The van der Waals surface area contributed by atoms with Crippen LogP contribution in [0, 0.1) is 0 Å². The standard InChI is InChI=1S/C25H31N3O3/c1-4-6-12-21-22(24(29)31-3)23(27-25(30)26-21)19-13-15-20(16-14-19)28(5-2)17-18-10-8-7-9-11-18/h7-11,13-16,23H,4-6,12,17H2,1-3H3,(H2,26,27,30). The lowest BCUT2D eigenvalue weighted by molar-refractivity contribution is -0.136.